The Labute approximate surface area is 125 Å². The van der Waals surface area contributed by atoms with Crippen LogP contribution >= 0.6 is 0 Å². The van der Waals surface area contributed by atoms with Gasteiger partial charge in [0.05, 0.1) is 4.92 Å². The second-order valence-corrected chi connectivity index (χ2v) is 6.86. The second kappa shape index (κ2) is 5.07. The number of non-ortho nitro benzene ring substituents is 1. The van der Waals surface area contributed by atoms with Gasteiger partial charge in [-0.25, -0.2) is 0 Å². The highest BCUT2D eigenvalue weighted by molar-refractivity contribution is 5.36. The zero-order chi connectivity index (χ0) is 15.2. The van der Waals surface area contributed by atoms with Gasteiger partial charge in [0.2, 0.25) is 0 Å². The Bertz CT molecular complexity index is 558. The SMILES string of the molecule is CC(c1cccc([N+](=O)[O-])c1)N1CC2CNCC2C1(C)C. The van der Waals surface area contributed by atoms with E-state index in [0.29, 0.717) is 11.8 Å². The number of nitro groups is 1. The Kier molecular flexibility index (Phi) is 3.50. The first-order chi connectivity index (χ1) is 9.91. The summed E-state index contributed by atoms with van der Waals surface area (Å²) in [6.45, 7) is 10.0. The van der Waals surface area contributed by atoms with Crippen LogP contribution in [0.1, 0.15) is 32.4 Å². The van der Waals surface area contributed by atoms with Gasteiger partial charge in [0.1, 0.15) is 0 Å². The van der Waals surface area contributed by atoms with Crippen molar-refractivity contribution in [1.82, 2.24) is 10.2 Å². The van der Waals surface area contributed by atoms with Gasteiger partial charge in [-0.2, -0.15) is 0 Å². The molecule has 3 rings (SSSR count). The third kappa shape index (κ3) is 2.34. The molecule has 0 bridgehead atoms. The van der Waals surface area contributed by atoms with Crippen molar-refractivity contribution in [3.05, 3.63) is 39.9 Å². The summed E-state index contributed by atoms with van der Waals surface area (Å²) < 4.78 is 0. The average Bonchev–Trinajstić information content (AvgIpc) is 3.01. The Morgan fingerprint density at radius 1 is 1.43 bits per heavy atom. The largest absolute Gasteiger partial charge is 0.316 e. The lowest BCUT2D eigenvalue weighted by molar-refractivity contribution is -0.385. The van der Waals surface area contributed by atoms with E-state index < -0.39 is 0 Å². The van der Waals surface area contributed by atoms with Crippen LogP contribution in [0.4, 0.5) is 5.69 Å². The van der Waals surface area contributed by atoms with Gasteiger partial charge in [0, 0.05) is 36.8 Å². The van der Waals surface area contributed by atoms with Crippen LogP contribution in [0.3, 0.4) is 0 Å². The summed E-state index contributed by atoms with van der Waals surface area (Å²) in [6, 6.07) is 7.26. The van der Waals surface area contributed by atoms with Gasteiger partial charge in [-0.15, -0.1) is 0 Å². The van der Waals surface area contributed by atoms with Gasteiger partial charge >= 0.3 is 0 Å². The van der Waals surface area contributed by atoms with Crippen LogP contribution in [0.5, 0.6) is 0 Å². The van der Waals surface area contributed by atoms with Crippen LogP contribution in [0.15, 0.2) is 24.3 Å². The zero-order valence-electron chi connectivity index (χ0n) is 12.9. The van der Waals surface area contributed by atoms with Crippen molar-refractivity contribution in [2.75, 3.05) is 19.6 Å². The molecular formula is C16H23N3O2. The van der Waals surface area contributed by atoms with Crippen LogP contribution in [-0.2, 0) is 0 Å². The van der Waals surface area contributed by atoms with Crippen molar-refractivity contribution in [2.24, 2.45) is 11.8 Å². The standard InChI is InChI=1S/C16H23N3O2/c1-11(12-5-4-6-14(7-12)19(20)21)18-10-13-8-17-9-15(13)16(18,2)3/h4-7,11,13,15,17H,8-10H2,1-3H3. The third-order valence-electron chi connectivity index (χ3n) is 5.45. The van der Waals surface area contributed by atoms with Gasteiger partial charge < -0.3 is 5.32 Å². The molecule has 2 fully saturated rings. The number of rotatable bonds is 3. The molecule has 5 nitrogen and oxygen atoms in total. The molecule has 1 aromatic carbocycles. The van der Waals surface area contributed by atoms with Crippen molar-refractivity contribution >= 4 is 5.69 Å². The zero-order valence-corrected chi connectivity index (χ0v) is 12.9. The van der Waals surface area contributed by atoms with E-state index in [0.717, 1.165) is 25.2 Å². The predicted molar refractivity (Wildman–Crippen MR) is 82.1 cm³/mol. The van der Waals surface area contributed by atoms with E-state index in [9.17, 15) is 10.1 Å². The number of nitro benzene ring substituents is 1. The number of hydrogen-bond donors (Lipinski definition) is 1. The number of hydrogen-bond acceptors (Lipinski definition) is 4. The molecule has 0 saturated carbocycles. The van der Waals surface area contributed by atoms with E-state index in [4.69, 9.17) is 0 Å². The van der Waals surface area contributed by atoms with E-state index in [-0.39, 0.29) is 22.2 Å². The summed E-state index contributed by atoms with van der Waals surface area (Å²) in [5.74, 6) is 1.36. The minimum absolute atomic E-state index is 0.123. The van der Waals surface area contributed by atoms with Gasteiger partial charge in [-0.1, -0.05) is 12.1 Å². The molecule has 0 amide bonds. The molecule has 3 unspecified atom stereocenters. The van der Waals surface area contributed by atoms with E-state index in [1.807, 2.05) is 6.07 Å². The van der Waals surface area contributed by atoms with Gasteiger partial charge in [-0.05, 0) is 44.7 Å². The van der Waals surface area contributed by atoms with Crippen molar-refractivity contribution < 1.29 is 4.92 Å². The summed E-state index contributed by atoms with van der Waals surface area (Å²) >= 11 is 0. The molecule has 5 heteroatoms. The molecule has 2 aliphatic rings. The summed E-state index contributed by atoms with van der Waals surface area (Å²) in [5.41, 5.74) is 1.33. The minimum atomic E-state index is -0.315. The number of benzene rings is 1. The molecule has 21 heavy (non-hydrogen) atoms. The van der Waals surface area contributed by atoms with E-state index >= 15 is 0 Å². The highest BCUT2D eigenvalue weighted by Gasteiger charge is 2.50. The molecule has 0 aliphatic carbocycles. The maximum absolute atomic E-state index is 11.0. The Balaban J connectivity index is 1.87. The molecule has 1 N–H and O–H groups in total. The van der Waals surface area contributed by atoms with Crippen LogP contribution in [0, 0.1) is 22.0 Å². The fourth-order valence-corrected chi connectivity index (χ4v) is 4.19. The fraction of sp³-hybridized carbons (Fsp3) is 0.625. The molecule has 3 atom stereocenters. The first-order valence-electron chi connectivity index (χ1n) is 7.63. The first-order valence-corrected chi connectivity index (χ1v) is 7.63. The monoisotopic (exact) mass is 289 g/mol. The van der Waals surface area contributed by atoms with Gasteiger partial charge in [0.15, 0.2) is 0 Å². The predicted octanol–water partition coefficient (Wildman–Crippen LogP) is 2.59. The van der Waals surface area contributed by atoms with Crippen molar-refractivity contribution in [2.45, 2.75) is 32.4 Å². The third-order valence-corrected chi connectivity index (χ3v) is 5.45. The number of fused-ring (bicyclic) bond motifs is 1. The number of likely N-dealkylation sites (tertiary alicyclic amines) is 1. The van der Waals surface area contributed by atoms with Crippen molar-refractivity contribution in [3.8, 4) is 0 Å². The quantitative estimate of drug-likeness (QED) is 0.686. The highest BCUT2D eigenvalue weighted by atomic mass is 16.6. The Hall–Kier alpha value is -1.46. The molecule has 2 aliphatic heterocycles. The molecule has 114 valence electrons. The summed E-state index contributed by atoms with van der Waals surface area (Å²) in [6.07, 6.45) is 0. The molecule has 1 aromatic rings. The minimum Gasteiger partial charge on any atom is -0.316 e. The van der Waals surface area contributed by atoms with Gasteiger partial charge in [0.25, 0.3) is 5.69 Å². The van der Waals surface area contributed by atoms with Crippen molar-refractivity contribution in [1.29, 1.82) is 0 Å². The van der Waals surface area contributed by atoms with E-state index in [1.54, 1.807) is 18.2 Å². The lowest BCUT2D eigenvalue weighted by atomic mass is 9.84. The van der Waals surface area contributed by atoms with E-state index in [2.05, 4.69) is 31.0 Å². The summed E-state index contributed by atoms with van der Waals surface area (Å²) in [7, 11) is 0. The second-order valence-electron chi connectivity index (χ2n) is 6.86. The van der Waals surface area contributed by atoms with Crippen LogP contribution in [0.25, 0.3) is 0 Å². The van der Waals surface area contributed by atoms with Gasteiger partial charge in [-0.3, -0.25) is 15.0 Å². The van der Waals surface area contributed by atoms with Crippen LogP contribution in [-0.4, -0.2) is 35.0 Å². The lowest BCUT2D eigenvalue weighted by Crippen LogP contribution is -2.45. The molecule has 2 heterocycles. The van der Waals surface area contributed by atoms with Crippen LogP contribution < -0.4 is 5.32 Å². The molecule has 0 radical (unpaired) electrons. The van der Waals surface area contributed by atoms with Crippen LogP contribution in [0.2, 0.25) is 0 Å². The van der Waals surface area contributed by atoms with Crippen molar-refractivity contribution in [3.63, 3.8) is 0 Å². The number of nitrogens with zero attached hydrogens (tertiary/aromatic N) is 2. The first kappa shape index (κ1) is 14.5. The smallest absolute Gasteiger partial charge is 0.269 e. The van der Waals surface area contributed by atoms with E-state index in [1.165, 1.54) is 0 Å². The maximum atomic E-state index is 11.0. The topological polar surface area (TPSA) is 58.4 Å². The normalized spacial score (nSPS) is 29.3. The molecule has 0 spiro atoms. The number of nitrogens with one attached hydrogen (secondary N) is 1. The Morgan fingerprint density at radius 3 is 2.86 bits per heavy atom. The maximum Gasteiger partial charge on any atom is 0.269 e. The molecular weight excluding hydrogens is 266 g/mol. The fourth-order valence-electron chi connectivity index (χ4n) is 4.19. The molecule has 0 aromatic heterocycles. The molecule has 2 saturated heterocycles. The summed E-state index contributed by atoms with van der Waals surface area (Å²) in [4.78, 5) is 13.2. The summed E-state index contributed by atoms with van der Waals surface area (Å²) in [5, 5.41) is 14.5. The lowest BCUT2D eigenvalue weighted by Gasteiger charge is -2.40. The average molecular weight is 289 g/mol. The highest BCUT2D eigenvalue weighted by Crippen LogP contribution is 2.45. The Morgan fingerprint density at radius 2 is 2.19 bits per heavy atom.